The summed E-state index contributed by atoms with van der Waals surface area (Å²) in [5.74, 6) is 0.978. The second kappa shape index (κ2) is 9.14. The van der Waals surface area contributed by atoms with E-state index in [1.807, 2.05) is 0 Å². The summed E-state index contributed by atoms with van der Waals surface area (Å²) >= 11 is 4.03. The molecule has 0 aliphatic rings. The molecule has 1 aromatic heterocycles. The predicted molar refractivity (Wildman–Crippen MR) is 121 cm³/mol. The lowest BCUT2D eigenvalue weighted by Crippen LogP contribution is -2.07. The molecule has 8 nitrogen and oxygen atoms in total. The Bertz CT molecular complexity index is 1160. The number of methoxy groups -OCH3 is 1. The van der Waals surface area contributed by atoms with Gasteiger partial charge in [0.05, 0.1) is 29.6 Å². The minimum Gasteiger partial charge on any atom is -0.495 e. The molecule has 0 bridgehead atoms. The standard InChI is InChI=1S/C19H20ClN4O4PS/c1-28-16-10-12(29(2,3)25)8-9-14(16)23-19-21-11-13(20)18(24-19)22-15-6-4-5-7-17(15)30(26)27/h4-11H,1-3H3,(H,26,27)(H2,21,22,23,24). The summed E-state index contributed by atoms with van der Waals surface area (Å²) in [6, 6.07) is 11.8. The number of halogens is 1. The summed E-state index contributed by atoms with van der Waals surface area (Å²) in [7, 11) is -0.922. The fraction of sp³-hybridized carbons (Fsp3) is 0.158. The van der Waals surface area contributed by atoms with Crippen LogP contribution in [0.15, 0.2) is 53.6 Å². The van der Waals surface area contributed by atoms with Crippen LogP contribution in [-0.4, -0.2) is 39.2 Å². The van der Waals surface area contributed by atoms with Gasteiger partial charge < -0.3 is 24.5 Å². The molecule has 3 N–H and O–H groups in total. The van der Waals surface area contributed by atoms with E-state index in [4.69, 9.17) is 16.3 Å². The first-order chi connectivity index (χ1) is 14.2. The molecular formula is C19H20ClN4O4PS. The number of nitrogens with one attached hydrogen (secondary N) is 2. The first kappa shape index (κ1) is 22.2. The van der Waals surface area contributed by atoms with Gasteiger partial charge >= 0.3 is 0 Å². The van der Waals surface area contributed by atoms with Gasteiger partial charge in [0.15, 0.2) is 16.9 Å². The molecule has 30 heavy (non-hydrogen) atoms. The van der Waals surface area contributed by atoms with E-state index in [-0.39, 0.29) is 21.7 Å². The van der Waals surface area contributed by atoms with Gasteiger partial charge in [0.25, 0.3) is 0 Å². The number of ether oxygens (including phenoxy) is 1. The molecule has 0 radical (unpaired) electrons. The third-order valence-corrected chi connectivity index (χ3v) is 6.66. The maximum atomic E-state index is 12.3. The van der Waals surface area contributed by atoms with Gasteiger partial charge in [-0.3, -0.25) is 0 Å². The van der Waals surface area contributed by atoms with Crippen LogP contribution in [0.25, 0.3) is 0 Å². The van der Waals surface area contributed by atoms with E-state index < -0.39 is 18.2 Å². The molecule has 0 fully saturated rings. The number of hydrogen-bond acceptors (Lipinski definition) is 7. The summed E-state index contributed by atoms with van der Waals surface area (Å²) in [5.41, 5.74) is 0.980. The maximum Gasteiger partial charge on any atom is 0.229 e. The van der Waals surface area contributed by atoms with E-state index >= 15 is 0 Å². The van der Waals surface area contributed by atoms with Crippen LogP contribution in [0.5, 0.6) is 5.75 Å². The smallest absolute Gasteiger partial charge is 0.229 e. The number of aromatic nitrogens is 2. The molecule has 1 unspecified atom stereocenters. The molecule has 0 spiro atoms. The van der Waals surface area contributed by atoms with Gasteiger partial charge in [-0.1, -0.05) is 23.7 Å². The first-order valence-electron chi connectivity index (χ1n) is 8.69. The molecule has 1 atom stereocenters. The second-order valence-electron chi connectivity index (χ2n) is 6.62. The quantitative estimate of drug-likeness (QED) is 0.345. The Kier molecular flexibility index (Phi) is 6.77. The fourth-order valence-electron chi connectivity index (χ4n) is 2.60. The number of hydrogen-bond donors (Lipinski definition) is 3. The molecule has 3 rings (SSSR count). The van der Waals surface area contributed by atoms with Crippen LogP contribution in [0.2, 0.25) is 5.02 Å². The third-order valence-electron chi connectivity index (χ3n) is 4.13. The molecule has 11 heteroatoms. The van der Waals surface area contributed by atoms with Crippen LogP contribution >= 0.6 is 18.7 Å². The number of nitrogens with zero attached hydrogens (tertiary/aromatic N) is 2. The van der Waals surface area contributed by atoms with Crippen molar-refractivity contribution in [2.24, 2.45) is 0 Å². The molecule has 1 heterocycles. The van der Waals surface area contributed by atoms with Crippen LogP contribution in [-0.2, 0) is 15.6 Å². The Morgan fingerprint density at radius 1 is 1.13 bits per heavy atom. The van der Waals surface area contributed by atoms with Gasteiger partial charge in [-0.25, -0.2) is 9.19 Å². The summed E-state index contributed by atoms with van der Waals surface area (Å²) < 4.78 is 38.7. The van der Waals surface area contributed by atoms with E-state index in [9.17, 15) is 13.3 Å². The van der Waals surface area contributed by atoms with Crippen LogP contribution in [0, 0.1) is 0 Å². The van der Waals surface area contributed by atoms with Crippen molar-refractivity contribution in [3.05, 3.63) is 53.7 Å². The van der Waals surface area contributed by atoms with Crippen LogP contribution < -0.4 is 20.7 Å². The molecule has 2 aromatic carbocycles. The fourth-order valence-corrected chi connectivity index (χ4v) is 4.11. The summed E-state index contributed by atoms with van der Waals surface area (Å²) in [6.07, 6.45) is 1.41. The van der Waals surface area contributed by atoms with Crippen molar-refractivity contribution < 1.29 is 18.1 Å². The first-order valence-corrected chi connectivity index (χ1v) is 12.8. The molecule has 0 amide bonds. The largest absolute Gasteiger partial charge is 0.495 e. The van der Waals surface area contributed by atoms with Gasteiger partial charge in [-0.15, -0.1) is 0 Å². The van der Waals surface area contributed by atoms with Crippen molar-refractivity contribution in [2.75, 3.05) is 31.1 Å². The highest BCUT2D eigenvalue weighted by Crippen LogP contribution is 2.38. The lowest BCUT2D eigenvalue weighted by atomic mass is 10.3. The van der Waals surface area contributed by atoms with Gasteiger partial charge in [0.2, 0.25) is 5.95 Å². The molecular weight excluding hydrogens is 447 g/mol. The lowest BCUT2D eigenvalue weighted by Gasteiger charge is -2.15. The molecule has 0 aliphatic carbocycles. The molecule has 3 aromatic rings. The second-order valence-corrected chi connectivity index (χ2v) is 11.2. The van der Waals surface area contributed by atoms with Gasteiger partial charge in [0, 0.05) is 5.30 Å². The summed E-state index contributed by atoms with van der Waals surface area (Å²) in [6.45, 7) is 3.37. The summed E-state index contributed by atoms with van der Waals surface area (Å²) in [5, 5.41) is 6.94. The number of anilines is 4. The van der Waals surface area contributed by atoms with E-state index in [1.54, 1.807) is 49.7 Å². The Labute approximate surface area is 181 Å². The zero-order chi connectivity index (χ0) is 21.9. The van der Waals surface area contributed by atoms with Crippen molar-refractivity contribution in [3.63, 3.8) is 0 Å². The highest BCUT2D eigenvalue weighted by Gasteiger charge is 2.16. The minimum atomic E-state index is -2.44. The Hall–Kier alpha value is -2.45. The van der Waals surface area contributed by atoms with Crippen LogP contribution in [0.1, 0.15) is 0 Å². The topological polar surface area (TPSA) is 113 Å². The minimum absolute atomic E-state index is 0.197. The Morgan fingerprint density at radius 2 is 1.87 bits per heavy atom. The third kappa shape index (κ3) is 5.17. The molecule has 0 aliphatic heterocycles. The van der Waals surface area contributed by atoms with Gasteiger partial charge in [0.1, 0.15) is 17.9 Å². The number of rotatable bonds is 7. The van der Waals surface area contributed by atoms with Crippen molar-refractivity contribution in [1.29, 1.82) is 0 Å². The lowest BCUT2D eigenvalue weighted by molar-refractivity contribution is 0.417. The van der Waals surface area contributed by atoms with Crippen molar-refractivity contribution in [1.82, 2.24) is 9.97 Å². The molecule has 158 valence electrons. The summed E-state index contributed by atoms with van der Waals surface area (Å²) in [4.78, 5) is 8.72. The zero-order valence-electron chi connectivity index (χ0n) is 16.4. The predicted octanol–water partition coefficient (Wildman–Crippen LogP) is 4.45. The average Bonchev–Trinajstić information content (AvgIpc) is 2.70. The Morgan fingerprint density at radius 3 is 2.53 bits per heavy atom. The van der Waals surface area contributed by atoms with E-state index in [2.05, 4.69) is 20.6 Å². The highest BCUT2D eigenvalue weighted by molar-refractivity contribution is 7.79. The van der Waals surface area contributed by atoms with Crippen molar-refractivity contribution in [3.8, 4) is 5.75 Å². The highest BCUT2D eigenvalue weighted by atomic mass is 35.5. The molecule has 0 saturated heterocycles. The maximum absolute atomic E-state index is 12.3. The van der Waals surface area contributed by atoms with E-state index in [1.165, 1.54) is 19.4 Å². The Balaban J connectivity index is 1.91. The SMILES string of the molecule is COc1cc(P(C)(C)=O)ccc1Nc1ncc(Cl)c(Nc2ccccc2S(=O)O)n1. The monoisotopic (exact) mass is 466 g/mol. The number of para-hydroxylation sites is 1. The van der Waals surface area contributed by atoms with Crippen molar-refractivity contribution >= 4 is 58.3 Å². The normalized spacial score (nSPS) is 12.3. The number of benzene rings is 2. The zero-order valence-corrected chi connectivity index (χ0v) is 18.9. The molecule has 0 saturated carbocycles. The average molecular weight is 467 g/mol. The van der Waals surface area contributed by atoms with E-state index in [0.717, 1.165) is 0 Å². The van der Waals surface area contributed by atoms with E-state index in [0.29, 0.717) is 22.4 Å². The van der Waals surface area contributed by atoms with Gasteiger partial charge in [-0.2, -0.15) is 4.98 Å². The van der Waals surface area contributed by atoms with Crippen LogP contribution in [0.4, 0.5) is 23.1 Å². The van der Waals surface area contributed by atoms with Crippen molar-refractivity contribution in [2.45, 2.75) is 4.90 Å². The van der Waals surface area contributed by atoms with Crippen LogP contribution in [0.3, 0.4) is 0 Å². The van der Waals surface area contributed by atoms with Gasteiger partial charge in [-0.05, 0) is 43.7 Å².